The number of esters is 2. The molecule has 8 nitrogen and oxygen atoms in total. The van der Waals surface area contributed by atoms with E-state index in [2.05, 4.69) is 4.74 Å². The molecule has 0 unspecified atom stereocenters. The number of methoxy groups -OCH3 is 1. The van der Waals surface area contributed by atoms with Crippen molar-refractivity contribution in [2.24, 2.45) is 0 Å². The largest absolute Gasteiger partial charge is 0.465 e. The maximum absolute atomic E-state index is 13.0. The Bertz CT molecular complexity index is 1390. The van der Waals surface area contributed by atoms with Crippen LogP contribution in [0.2, 0.25) is 0 Å². The van der Waals surface area contributed by atoms with Crippen LogP contribution in [0.5, 0.6) is 0 Å². The Balaban J connectivity index is 1.50. The molecule has 0 radical (unpaired) electrons. The zero-order valence-corrected chi connectivity index (χ0v) is 19.3. The van der Waals surface area contributed by atoms with E-state index in [9.17, 15) is 24.0 Å². The minimum Gasteiger partial charge on any atom is -0.465 e. The Kier molecular flexibility index (Phi) is 6.29. The van der Waals surface area contributed by atoms with Crippen molar-refractivity contribution in [1.82, 2.24) is 0 Å². The molecule has 0 spiro atoms. The van der Waals surface area contributed by atoms with Gasteiger partial charge in [0, 0.05) is 5.56 Å². The Labute approximate surface area is 201 Å². The highest BCUT2D eigenvalue weighted by Crippen LogP contribution is 2.29. The van der Waals surface area contributed by atoms with E-state index in [1.54, 1.807) is 13.0 Å². The minimum atomic E-state index is -0.785. The summed E-state index contributed by atoms with van der Waals surface area (Å²) in [5, 5.41) is 0. The second-order valence-electron chi connectivity index (χ2n) is 8.06. The van der Waals surface area contributed by atoms with Crippen molar-refractivity contribution < 1.29 is 33.4 Å². The third-order valence-electron chi connectivity index (χ3n) is 5.70. The minimum absolute atomic E-state index is 0.0431. The lowest BCUT2D eigenvalue weighted by atomic mass is 10.0. The van der Waals surface area contributed by atoms with Gasteiger partial charge in [0.1, 0.15) is 0 Å². The van der Waals surface area contributed by atoms with Gasteiger partial charge >= 0.3 is 11.9 Å². The van der Waals surface area contributed by atoms with Crippen molar-refractivity contribution in [3.05, 3.63) is 99.6 Å². The monoisotopic (exact) mass is 471 g/mol. The summed E-state index contributed by atoms with van der Waals surface area (Å²) < 4.78 is 9.83. The highest BCUT2D eigenvalue weighted by Gasteiger charge is 2.37. The number of ether oxygens (including phenoxy) is 2. The molecule has 0 bridgehead atoms. The van der Waals surface area contributed by atoms with Gasteiger partial charge in [0.2, 0.25) is 5.78 Å². The smallest absolute Gasteiger partial charge is 0.338 e. The molecule has 176 valence electrons. The first-order valence-corrected chi connectivity index (χ1v) is 10.7. The number of imide groups is 1. The topological polar surface area (TPSA) is 107 Å². The normalized spacial score (nSPS) is 12.4. The van der Waals surface area contributed by atoms with Crippen LogP contribution < -0.4 is 4.90 Å². The fourth-order valence-corrected chi connectivity index (χ4v) is 3.80. The summed E-state index contributed by atoms with van der Waals surface area (Å²) in [6.45, 7) is 3.21. The number of aryl methyl sites for hydroxylation is 2. The first kappa shape index (κ1) is 23.6. The lowest BCUT2D eigenvalue weighted by Crippen LogP contribution is -2.29. The van der Waals surface area contributed by atoms with E-state index in [4.69, 9.17) is 4.74 Å². The molecule has 1 aliphatic rings. The van der Waals surface area contributed by atoms with Gasteiger partial charge in [-0.2, -0.15) is 0 Å². The van der Waals surface area contributed by atoms with Gasteiger partial charge in [-0.25, -0.2) is 14.5 Å². The van der Waals surface area contributed by atoms with Crippen LogP contribution in [0.3, 0.4) is 0 Å². The van der Waals surface area contributed by atoms with E-state index in [1.807, 2.05) is 19.1 Å². The Morgan fingerprint density at radius 2 is 1.43 bits per heavy atom. The first-order valence-electron chi connectivity index (χ1n) is 10.7. The van der Waals surface area contributed by atoms with Gasteiger partial charge in [0.25, 0.3) is 11.8 Å². The third kappa shape index (κ3) is 4.46. The molecule has 1 heterocycles. The van der Waals surface area contributed by atoms with Gasteiger partial charge in [0.05, 0.1) is 35.1 Å². The summed E-state index contributed by atoms with van der Waals surface area (Å²) in [7, 11) is 1.25. The molecule has 0 aromatic heterocycles. The van der Waals surface area contributed by atoms with Gasteiger partial charge in [-0.3, -0.25) is 14.4 Å². The van der Waals surface area contributed by atoms with Gasteiger partial charge in [-0.1, -0.05) is 17.7 Å². The second-order valence-corrected chi connectivity index (χ2v) is 8.06. The number of Topliss-reactive ketones (excluding diaryl/α,β-unsaturated/α-hetero) is 1. The number of hydrogen-bond donors (Lipinski definition) is 0. The fourth-order valence-electron chi connectivity index (χ4n) is 3.80. The van der Waals surface area contributed by atoms with E-state index in [0.29, 0.717) is 5.56 Å². The number of ketones is 1. The number of rotatable bonds is 6. The summed E-state index contributed by atoms with van der Waals surface area (Å²) in [6, 6.07) is 15.3. The molecule has 0 aliphatic carbocycles. The molecule has 4 rings (SSSR count). The van der Waals surface area contributed by atoms with Gasteiger partial charge in [-0.15, -0.1) is 0 Å². The molecular formula is C27H21NO7. The number of fused-ring (bicyclic) bond motifs is 1. The van der Waals surface area contributed by atoms with Crippen LogP contribution in [-0.4, -0.2) is 43.3 Å². The predicted octanol–water partition coefficient (Wildman–Crippen LogP) is 3.93. The number of carbonyl (C=O) groups excluding carboxylic acids is 5. The fraction of sp³-hybridized carbons (Fsp3) is 0.148. The quantitative estimate of drug-likeness (QED) is 0.305. The number of hydrogen-bond acceptors (Lipinski definition) is 7. The van der Waals surface area contributed by atoms with Crippen molar-refractivity contribution in [3.63, 3.8) is 0 Å². The number of nitrogens with zero attached hydrogens (tertiary/aromatic N) is 1. The van der Waals surface area contributed by atoms with Crippen LogP contribution in [0, 0.1) is 13.8 Å². The average Bonchev–Trinajstić information content (AvgIpc) is 3.12. The molecule has 2 amide bonds. The highest BCUT2D eigenvalue weighted by atomic mass is 16.5. The lowest BCUT2D eigenvalue weighted by molar-refractivity contribution is 0.0474. The van der Waals surface area contributed by atoms with E-state index >= 15 is 0 Å². The molecule has 3 aromatic carbocycles. The predicted molar refractivity (Wildman–Crippen MR) is 126 cm³/mol. The van der Waals surface area contributed by atoms with Crippen LogP contribution in [0.1, 0.15) is 62.9 Å². The average molecular weight is 471 g/mol. The molecule has 35 heavy (non-hydrogen) atoms. The Morgan fingerprint density at radius 3 is 2.11 bits per heavy atom. The first-order chi connectivity index (χ1) is 16.7. The zero-order valence-electron chi connectivity index (χ0n) is 19.3. The van der Waals surface area contributed by atoms with Crippen LogP contribution in [0.4, 0.5) is 5.69 Å². The number of anilines is 1. The summed E-state index contributed by atoms with van der Waals surface area (Å²) in [5.74, 6) is -2.84. The summed E-state index contributed by atoms with van der Waals surface area (Å²) in [4.78, 5) is 63.5. The lowest BCUT2D eigenvalue weighted by Gasteiger charge is -2.14. The molecule has 0 atom stereocenters. The van der Waals surface area contributed by atoms with Crippen LogP contribution in [0.25, 0.3) is 0 Å². The van der Waals surface area contributed by atoms with Crippen molar-refractivity contribution >= 4 is 35.2 Å². The van der Waals surface area contributed by atoms with E-state index in [-0.39, 0.29) is 33.7 Å². The SMILES string of the molecule is COC(=O)c1ccc(N2C(=O)c3ccc(C(=O)OCC(=O)c4cc(C)ccc4C)cc3C2=O)cc1. The van der Waals surface area contributed by atoms with Crippen molar-refractivity contribution in [2.45, 2.75) is 13.8 Å². The van der Waals surface area contributed by atoms with E-state index in [1.165, 1.54) is 49.6 Å². The number of carbonyl (C=O) groups is 5. The molecule has 3 aromatic rings. The Hall–Kier alpha value is -4.59. The molecule has 0 N–H and O–H groups in total. The molecule has 0 saturated carbocycles. The summed E-state index contributed by atoms with van der Waals surface area (Å²) in [5.41, 5.74) is 2.93. The van der Waals surface area contributed by atoms with Crippen LogP contribution >= 0.6 is 0 Å². The van der Waals surface area contributed by atoms with Gasteiger partial charge in [-0.05, 0) is 67.9 Å². The molecule has 0 saturated heterocycles. The van der Waals surface area contributed by atoms with E-state index in [0.717, 1.165) is 16.0 Å². The number of amides is 2. The molecule has 0 fully saturated rings. The van der Waals surface area contributed by atoms with Crippen molar-refractivity contribution in [1.29, 1.82) is 0 Å². The highest BCUT2D eigenvalue weighted by molar-refractivity contribution is 6.34. The second kappa shape index (κ2) is 9.34. The van der Waals surface area contributed by atoms with Crippen molar-refractivity contribution in [3.8, 4) is 0 Å². The maximum atomic E-state index is 13.0. The number of benzene rings is 3. The zero-order chi connectivity index (χ0) is 25.3. The molecular weight excluding hydrogens is 450 g/mol. The van der Waals surface area contributed by atoms with Crippen molar-refractivity contribution in [2.75, 3.05) is 18.6 Å². The summed E-state index contributed by atoms with van der Waals surface area (Å²) >= 11 is 0. The Morgan fingerprint density at radius 1 is 0.771 bits per heavy atom. The van der Waals surface area contributed by atoms with Gasteiger partial charge < -0.3 is 9.47 Å². The van der Waals surface area contributed by atoms with E-state index < -0.39 is 30.4 Å². The maximum Gasteiger partial charge on any atom is 0.338 e. The summed E-state index contributed by atoms with van der Waals surface area (Å²) in [6.07, 6.45) is 0. The molecule has 1 aliphatic heterocycles. The van der Waals surface area contributed by atoms with Crippen LogP contribution in [0.15, 0.2) is 60.7 Å². The van der Waals surface area contributed by atoms with Crippen LogP contribution in [-0.2, 0) is 9.47 Å². The van der Waals surface area contributed by atoms with Gasteiger partial charge in [0.15, 0.2) is 6.61 Å². The molecule has 8 heteroatoms. The third-order valence-corrected chi connectivity index (χ3v) is 5.70. The standard InChI is InChI=1S/C27H21NO7/c1-15-4-5-16(2)21(12-15)23(29)14-35-27(33)18-8-11-20-22(13-18)25(31)28(24(20)30)19-9-6-17(7-10-19)26(32)34-3/h4-13H,14H2,1-3H3.